The van der Waals surface area contributed by atoms with Gasteiger partial charge in [-0.15, -0.1) is 0 Å². The summed E-state index contributed by atoms with van der Waals surface area (Å²) in [5, 5.41) is 60.9. The maximum atomic E-state index is 14.0. The van der Waals surface area contributed by atoms with E-state index >= 15 is 0 Å². The fourth-order valence-electron chi connectivity index (χ4n) is 6.32. The van der Waals surface area contributed by atoms with Gasteiger partial charge in [-0.3, -0.25) is 43.3 Å². The number of rotatable bonds is 18. The molecule has 0 bridgehead atoms. The number of benzene rings is 1. The van der Waals surface area contributed by atoms with Crippen LogP contribution >= 0.6 is 0 Å². The lowest BCUT2D eigenvalue weighted by Crippen LogP contribution is -2.63. The zero-order chi connectivity index (χ0) is 45.8. The lowest BCUT2D eigenvalue weighted by Gasteiger charge is -2.39. The summed E-state index contributed by atoms with van der Waals surface area (Å²) in [4.78, 5) is 110. The Kier molecular flexibility index (Phi) is 20.3. The van der Waals surface area contributed by atoms with Crippen molar-refractivity contribution in [1.29, 1.82) is 0 Å². The lowest BCUT2D eigenvalue weighted by atomic mass is 9.94. The molecule has 1 aromatic carbocycles. The molecule has 2 aliphatic heterocycles. The van der Waals surface area contributed by atoms with Crippen molar-refractivity contribution in [2.24, 2.45) is 21.6 Å². The van der Waals surface area contributed by atoms with Gasteiger partial charge < -0.3 is 73.8 Å². The first-order valence-corrected chi connectivity index (χ1v) is 19.5. The number of amides is 7. The van der Waals surface area contributed by atoms with Gasteiger partial charge in [0.2, 0.25) is 35.4 Å². The molecular formula is C36H53N13O13. The molecule has 0 spiro atoms. The van der Waals surface area contributed by atoms with Gasteiger partial charge in [-0.25, -0.2) is 0 Å². The summed E-state index contributed by atoms with van der Waals surface area (Å²) in [6.07, 6.45) is -9.10. The Hall–Kier alpha value is -6.60. The molecule has 62 heavy (non-hydrogen) atoms. The fraction of sp³-hybridized carbons (Fsp3) is 0.583. The Labute approximate surface area is 354 Å². The maximum absolute atomic E-state index is 14.0. The average Bonchev–Trinajstić information content (AvgIpc) is 3.23. The number of aliphatic carboxylic acids is 1. The summed E-state index contributed by atoms with van der Waals surface area (Å²) < 4.78 is 5.50. The highest BCUT2D eigenvalue weighted by atomic mass is 16.5. The largest absolute Gasteiger partial charge is 0.481 e. The molecule has 0 radical (unpaired) electrons. The summed E-state index contributed by atoms with van der Waals surface area (Å²) in [6.45, 7) is -1.69. The molecular weight excluding hydrogens is 822 g/mol. The zero-order valence-corrected chi connectivity index (χ0v) is 33.5. The van der Waals surface area contributed by atoms with E-state index in [9.17, 15) is 58.8 Å². The number of aliphatic hydroxyl groups is 3. The van der Waals surface area contributed by atoms with Crippen LogP contribution in [0, 0.1) is 0 Å². The third-order valence-corrected chi connectivity index (χ3v) is 9.55. The second kappa shape index (κ2) is 25.2. The number of hydrogen-bond donors (Lipinski definition) is 13. The summed E-state index contributed by atoms with van der Waals surface area (Å²) in [6, 6.07) is 2.71. The van der Waals surface area contributed by atoms with E-state index in [0.29, 0.717) is 5.56 Å². The number of nitrogens with one attached hydrogen (secondary N) is 7. The number of azide groups is 1. The standard InChI is InChI=1S/C36H53N13O13/c37-36(38)41-12-6-10-19-31(57)43-16-25(51)45-22(14-26(52)53)34(60)48-21(13-18-7-2-1-3-8-18)33(59)47-20(32(58)46-19)9-4-5-11-40-35(61)30-29(56)28(55)27(54)23(62-30)15-42-24(50)17-44-49-39/h1-3,7-8,19-23,27-30,54-56H,4-6,9-17H2,(H,40,61)(H,42,50)(H,43,57)(H,45,51)(H,46,58)(H,47,59)(H,48,60)(H,52,53)(H4,37,38,41)/t19-,20-,21+,22-,23+,27+,28?,29-,30?/m0/s1. The van der Waals surface area contributed by atoms with Crippen LogP contribution in [-0.4, -0.2) is 161 Å². The van der Waals surface area contributed by atoms with Crippen molar-refractivity contribution in [2.45, 2.75) is 99.6 Å². The molecule has 340 valence electrons. The highest BCUT2D eigenvalue weighted by Gasteiger charge is 2.46. The summed E-state index contributed by atoms with van der Waals surface area (Å²) in [5.74, 6) is -7.77. The van der Waals surface area contributed by atoms with Crippen LogP contribution in [-0.2, 0) is 49.5 Å². The first-order chi connectivity index (χ1) is 29.5. The van der Waals surface area contributed by atoms with E-state index in [1.54, 1.807) is 30.3 Å². The van der Waals surface area contributed by atoms with Crippen molar-refractivity contribution in [3.63, 3.8) is 0 Å². The summed E-state index contributed by atoms with van der Waals surface area (Å²) in [7, 11) is 0. The molecule has 26 heteroatoms. The Morgan fingerprint density at radius 1 is 0.806 bits per heavy atom. The number of hydrogen-bond acceptors (Lipinski definition) is 14. The van der Waals surface area contributed by atoms with Crippen molar-refractivity contribution in [3.8, 4) is 0 Å². The quantitative estimate of drug-likeness (QED) is 0.0163. The number of ether oxygens (including phenoxy) is 1. The Balaban J connectivity index is 1.81. The molecule has 0 aromatic heterocycles. The van der Waals surface area contributed by atoms with Crippen molar-refractivity contribution in [3.05, 3.63) is 46.3 Å². The summed E-state index contributed by atoms with van der Waals surface area (Å²) in [5.41, 5.74) is 19.8. The van der Waals surface area contributed by atoms with Crippen LogP contribution in [0.5, 0.6) is 0 Å². The van der Waals surface area contributed by atoms with Gasteiger partial charge in [0.25, 0.3) is 5.91 Å². The number of aliphatic imine (C=N–C) groups is 1. The number of carbonyl (C=O) groups is 8. The highest BCUT2D eigenvalue weighted by molar-refractivity contribution is 5.98. The van der Waals surface area contributed by atoms with Crippen LogP contribution in [0.25, 0.3) is 10.4 Å². The molecule has 7 amide bonds. The van der Waals surface area contributed by atoms with Gasteiger partial charge in [-0.1, -0.05) is 35.4 Å². The number of aliphatic hydroxyl groups excluding tert-OH is 3. The van der Waals surface area contributed by atoms with Crippen LogP contribution in [0.1, 0.15) is 44.1 Å². The summed E-state index contributed by atoms with van der Waals surface area (Å²) >= 11 is 0. The molecule has 1 aromatic rings. The molecule has 2 unspecified atom stereocenters. The van der Waals surface area contributed by atoms with Crippen LogP contribution < -0.4 is 48.7 Å². The average molecular weight is 876 g/mol. The number of carboxylic acid groups (broad SMARTS) is 1. The van der Waals surface area contributed by atoms with Gasteiger partial charge in [0.15, 0.2) is 12.1 Å². The van der Waals surface area contributed by atoms with Gasteiger partial charge in [0.1, 0.15) is 55.1 Å². The number of nitrogens with two attached hydrogens (primary N) is 2. The monoisotopic (exact) mass is 875 g/mol. The molecule has 0 aliphatic carbocycles. The predicted octanol–water partition coefficient (Wildman–Crippen LogP) is -5.61. The normalized spacial score (nSPS) is 26.0. The smallest absolute Gasteiger partial charge is 0.305 e. The van der Waals surface area contributed by atoms with E-state index in [4.69, 9.17) is 21.7 Å². The van der Waals surface area contributed by atoms with E-state index in [1.807, 2.05) is 0 Å². The molecule has 0 saturated carbocycles. The molecule has 2 aliphatic rings. The van der Waals surface area contributed by atoms with E-state index in [2.05, 4.69) is 52.2 Å². The molecule has 2 saturated heterocycles. The molecule has 2 heterocycles. The maximum Gasteiger partial charge on any atom is 0.305 e. The molecule has 3 rings (SSSR count). The van der Waals surface area contributed by atoms with Crippen LogP contribution in [0.2, 0.25) is 0 Å². The van der Waals surface area contributed by atoms with Crippen molar-refractivity contribution in [1.82, 2.24) is 37.2 Å². The van der Waals surface area contributed by atoms with Crippen molar-refractivity contribution < 1.29 is 63.5 Å². The van der Waals surface area contributed by atoms with E-state index < -0.39 is 128 Å². The number of carbonyl (C=O) groups excluding carboxylic acids is 7. The highest BCUT2D eigenvalue weighted by Crippen LogP contribution is 2.21. The zero-order valence-electron chi connectivity index (χ0n) is 33.5. The minimum atomic E-state index is -1.87. The second-order valence-corrected chi connectivity index (χ2v) is 14.3. The third-order valence-electron chi connectivity index (χ3n) is 9.55. The van der Waals surface area contributed by atoms with Gasteiger partial charge in [0.05, 0.1) is 13.0 Å². The van der Waals surface area contributed by atoms with Gasteiger partial charge in [-0.2, -0.15) is 0 Å². The van der Waals surface area contributed by atoms with Gasteiger partial charge in [0, 0.05) is 31.0 Å². The van der Waals surface area contributed by atoms with Crippen molar-refractivity contribution in [2.75, 3.05) is 32.7 Å². The fourth-order valence-corrected chi connectivity index (χ4v) is 6.32. The number of guanidine groups is 1. The van der Waals surface area contributed by atoms with E-state index in [1.165, 1.54) is 0 Å². The SMILES string of the molecule is [N-]=[N+]=NCC(=O)NC[C@H]1OC(C(=O)NCCCC[C@@H]2NC(=O)[C@@H](Cc3ccccc3)NC(=O)[C@H](CC(=O)O)NC(=O)CNC(=O)[C@H](CCCN=C(N)N)NC2=O)[C@@H](O)C(O)[C@@H]1O. The van der Waals surface area contributed by atoms with Crippen molar-refractivity contribution >= 4 is 53.3 Å². The van der Waals surface area contributed by atoms with Gasteiger partial charge >= 0.3 is 5.97 Å². The van der Waals surface area contributed by atoms with Crippen LogP contribution in [0.4, 0.5) is 0 Å². The Bertz CT molecular complexity index is 1830. The molecule has 9 atom stereocenters. The van der Waals surface area contributed by atoms with Crippen LogP contribution in [0.3, 0.4) is 0 Å². The number of carboxylic acids is 1. The number of nitrogens with zero attached hydrogens (tertiary/aromatic N) is 4. The Morgan fingerprint density at radius 2 is 1.44 bits per heavy atom. The number of unbranched alkanes of at least 4 members (excludes halogenated alkanes) is 1. The molecule has 2 fully saturated rings. The van der Waals surface area contributed by atoms with Crippen LogP contribution in [0.15, 0.2) is 40.4 Å². The predicted molar refractivity (Wildman–Crippen MR) is 214 cm³/mol. The van der Waals surface area contributed by atoms with Gasteiger partial charge in [-0.05, 0) is 43.2 Å². The lowest BCUT2D eigenvalue weighted by molar-refractivity contribution is -0.219. The topological polar surface area (TPSA) is 424 Å². The van der Waals surface area contributed by atoms with E-state index in [-0.39, 0.29) is 57.6 Å². The minimum Gasteiger partial charge on any atom is -0.481 e. The first-order valence-electron chi connectivity index (χ1n) is 19.5. The Morgan fingerprint density at radius 3 is 2.10 bits per heavy atom. The third kappa shape index (κ3) is 16.5. The minimum absolute atomic E-state index is 0.0369. The van der Waals surface area contributed by atoms with E-state index in [0.717, 1.165) is 0 Å². The molecule has 15 N–H and O–H groups in total. The second-order valence-electron chi connectivity index (χ2n) is 14.3. The molecule has 26 nitrogen and oxygen atoms in total. The first kappa shape index (κ1) is 49.8.